The maximum absolute atomic E-state index is 9.10. The highest BCUT2D eigenvalue weighted by Gasteiger charge is 2.08. The number of halogens is 1. The molecule has 0 bridgehead atoms. The minimum atomic E-state index is 0.303. The zero-order valence-electron chi connectivity index (χ0n) is 9.98. The molecule has 0 aliphatic carbocycles. The molecule has 0 saturated heterocycles. The summed E-state index contributed by atoms with van der Waals surface area (Å²) in [7, 11) is 0. The Morgan fingerprint density at radius 2 is 2.28 bits per heavy atom. The van der Waals surface area contributed by atoms with E-state index in [0.29, 0.717) is 11.6 Å². The summed E-state index contributed by atoms with van der Waals surface area (Å²) in [6.07, 6.45) is 0.971. The van der Waals surface area contributed by atoms with Crippen LogP contribution in [0.5, 0.6) is 0 Å². The molecule has 0 saturated carbocycles. The molecule has 1 heterocycles. The van der Waals surface area contributed by atoms with Crippen molar-refractivity contribution < 1.29 is 0 Å². The second-order valence-corrected chi connectivity index (χ2v) is 6.08. The molecule has 0 amide bonds. The van der Waals surface area contributed by atoms with Gasteiger partial charge in [-0.2, -0.15) is 5.26 Å². The quantitative estimate of drug-likeness (QED) is 0.904. The number of benzene rings is 1. The summed E-state index contributed by atoms with van der Waals surface area (Å²) in [6, 6.07) is 12.4. The van der Waals surface area contributed by atoms with Crippen molar-refractivity contribution in [3.05, 3.63) is 50.6 Å². The van der Waals surface area contributed by atoms with E-state index in [1.54, 1.807) is 11.3 Å². The van der Waals surface area contributed by atoms with Crippen LogP contribution in [0.1, 0.15) is 17.4 Å². The number of anilines is 1. The van der Waals surface area contributed by atoms with E-state index in [1.165, 1.54) is 4.88 Å². The van der Waals surface area contributed by atoms with Gasteiger partial charge in [0.25, 0.3) is 0 Å². The molecule has 1 atom stereocenters. The second kappa shape index (κ2) is 6.03. The van der Waals surface area contributed by atoms with Crippen LogP contribution in [0.15, 0.2) is 40.2 Å². The molecule has 1 N–H and O–H groups in total. The zero-order valence-corrected chi connectivity index (χ0v) is 12.4. The molecule has 18 heavy (non-hydrogen) atoms. The molecule has 1 unspecified atom stereocenters. The molecule has 0 radical (unpaired) electrons. The summed E-state index contributed by atoms with van der Waals surface area (Å²) in [6.45, 7) is 2.13. The van der Waals surface area contributed by atoms with E-state index in [9.17, 15) is 0 Å². The number of hydrogen-bond acceptors (Lipinski definition) is 3. The molecule has 0 fully saturated rings. The first-order chi connectivity index (χ1) is 8.69. The minimum Gasteiger partial charge on any atom is -0.381 e. The van der Waals surface area contributed by atoms with Gasteiger partial charge in [0.15, 0.2) is 0 Å². The van der Waals surface area contributed by atoms with Gasteiger partial charge in [0.05, 0.1) is 11.3 Å². The number of nitrogens with zero attached hydrogens (tertiary/aromatic N) is 1. The highest BCUT2D eigenvalue weighted by Crippen LogP contribution is 2.22. The predicted octanol–water partition coefficient (Wildman–Crippen LogP) is 4.43. The monoisotopic (exact) mass is 320 g/mol. The highest BCUT2D eigenvalue weighted by atomic mass is 79.9. The third-order valence-corrected chi connectivity index (χ3v) is 3.98. The molecule has 92 valence electrons. The van der Waals surface area contributed by atoms with Gasteiger partial charge in [0.2, 0.25) is 0 Å². The van der Waals surface area contributed by atoms with Crippen LogP contribution in [-0.2, 0) is 6.42 Å². The summed E-state index contributed by atoms with van der Waals surface area (Å²) >= 11 is 5.14. The second-order valence-electron chi connectivity index (χ2n) is 4.13. The van der Waals surface area contributed by atoms with Gasteiger partial charge in [0.1, 0.15) is 6.07 Å². The van der Waals surface area contributed by atoms with Gasteiger partial charge in [0, 0.05) is 21.8 Å². The number of nitriles is 1. The molecular weight excluding hydrogens is 308 g/mol. The Morgan fingerprint density at radius 3 is 2.94 bits per heavy atom. The fourth-order valence-corrected chi connectivity index (χ4v) is 2.98. The summed E-state index contributed by atoms with van der Waals surface area (Å²) in [5.74, 6) is 0. The van der Waals surface area contributed by atoms with E-state index in [2.05, 4.69) is 51.8 Å². The van der Waals surface area contributed by atoms with E-state index in [4.69, 9.17) is 5.26 Å². The Bertz CT molecular complexity index is 558. The van der Waals surface area contributed by atoms with Crippen LogP contribution in [-0.4, -0.2) is 6.04 Å². The van der Waals surface area contributed by atoms with E-state index in [-0.39, 0.29) is 0 Å². The van der Waals surface area contributed by atoms with E-state index in [1.807, 2.05) is 18.2 Å². The van der Waals surface area contributed by atoms with Gasteiger partial charge in [-0.3, -0.25) is 0 Å². The molecule has 2 nitrogen and oxygen atoms in total. The number of hydrogen-bond donors (Lipinski definition) is 1. The van der Waals surface area contributed by atoms with Crippen molar-refractivity contribution in [1.29, 1.82) is 5.26 Å². The third-order valence-electron chi connectivity index (χ3n) is 2.59. The van der Waals surface area contributed by atoms with Gasteiger partial charge < -0.3 is 5.32 Å². The molecule has 0 aliphatic rings. The van der Waals surface area contributed by atoms with Crippen molar-refractivity contribution >= 4 is 33.0 Å². The summed E-state index contributed by atoms with van der Waals surface area (Å²) in [5.41, 5.74) is 1.56. The number of thiophene rings is 1. The molecular formula is C14H13BrN2S. The van der Waals surface area contributed by atoms with Crippen LogP contribution < -0.4 is 5.32 Å². The van der Waals surface area contributed by atoms with Crippen LogP contribution in [0.25, 0.3) is 0 Å². The van der Waals surface area contributed by atoms with Crippen molar-refractivity contribution in [3.8, 4) is 6.07 Å². The fraction of sp³-hybridized carbons (Fsp3) is 0.214. The lowest BCUT2D eigenvalue weighted by Crippen LogP contribution is -2.18. The van der Waals surface area contributed by atoms with Gasteiger partial charge in [-0.05, 0) is 36.6 Å². The number of rotatable bonds is 4. The average Bonchev–Trinajstić information content (AvgIpc) is 2.84. The maximum atomic E-state index is 9.10. The smallest absolute Gasteiger partial charge is 0.101 e. The zero-order chi connectivity index (χ0) is 13.0. The van der Waals surface area contributed by atoms with Gasteiger partial charge in [-0.15, -0.1) is 11.3 Å². The molecule has 4 heteroatoms. The van der Waals surface area contributed by atoms with Crippen LogP contribution in [0.4, 0.5) is 5.69 Å². The van der Waals surface area contributed by atoms with E-state index < -0.39 is 0 Å². The Hall–Kier alpha value is -1.31. The lowest BCUT2D eigenvalue weighted by Gasteiger charge is -2.15. The Morgan fingerprint density at radius 1 is 1.44 bits per heavy atom. The lowest BCUT2D eigenvalue weighted by molar-refractivity contribution is 0.800. The van der Waals surface area contributed by atoms with Gasteiger partial charge in [-0.25, -0.2) is 0 Å². The Kier molecular flexibility index (Phi) is 4.40. The standard InChI is InChI=1S/C14H13BrN2S/c1-10(7-13-3-2-6-18-13)17-14-5-4-12(15)8-11(14)9-16/h2-6,8,10,17H,7H2,1H3. The molecule has 0 spiro atoms. The molecule has 1 aromatic heterocycles. The first kappa shape index (κ1) is 13.1. The topological polar surface area (TPSA) is 35.8 Å². The molecule has 0 aliphatic heterocycles. The highest BCUT2D eigenvalue weighted by molar-refractivity contribution is 9.10. The SMILES string of the molecule is CC(Cc1cccs1)Nc1ccc(Br)cc1C#N. The molecule has 2 rings (SSSR count). The third kappa shape index (κ3) is 3.34. The maximum Gasteiger partial charge on any atom is 0.101 e. The summed E-state index contributed by atoms with van der Waals surface area (Å²) in [4.78, 5) is 1.35. The van der Waals surface area contributed by atoms with Gasteiger partial charge in [-0.1, -0.05) is 22.0 Å². The van der Waals surface area contributed by atoms with Gasteiger partial charge >= 0.3 is 0 Å². The van der Waals surface area contributed by atoms with E-state index in [0.717, 1.165) is 16.6 Å². The van der Waals surface area contributed by atoms with Crippen molar-refractivity contribution in [2.24, 2.45) is 0 Å². The van der Waals surface area contributed by atoms with Crippen LogP contribution in [0.2, 0.25) is 0 Å². The van der Waals surface area contributed by atoms with Crippen LogP contribution >= 0.6 is 27.3 Å². The normalized spacial score (nSPS) is 11.8. The predicted molar refractivity (Wildman–Crippen MR) is 80.0 cm³/mol. The van der Waals surface area contributed by atoms with E-state index >= 15 is 0 Å². The van der Waals surface area contributed by atoms with Crippen LogP contribution in [0, 0.1) is 11.3 Å². The fourth-order valence-electron chi connectivity index (χ4n) is 1.78. The molecule has 1 aromatic carbocycles. The summed E-state index contributed by atoms with van der Waals surface area (Å²) < 4.78 is 0.926. The number of nitrogens with one attached hydrogen (secondary N) is 1. The van der Waals surface area contributed by atoms with Crippen molar-refractivity contribution in [3.63, 3.8) is 0 Å². The van der Waals surface area contributed by atoms with Crippen molar-refractivity contribution in [1.82, 2.24) is 0 Å². The first-order valence-corrected chi connectivity index (χ1v) is 7.35. The molecule has 2 aromatic rings. The largest absolute Gasteiger partial charge is 0.381 e. The summed E-state index contributed by atoms with van der Waals surface area (Å²) in [5, 5.41) is 14.6. The lowest BCUT2D eigenvalue weighted by atomic mass is 10.1. The minimum absolute atomic E-state index is 0.303. The Balaban J connectivity index is 2.07. The average molecular weight is 321 g/mol. The van der Waals surface area contributed by atoms with Crippen LogP contribution in [0.3, 0.4) is 0 Å². The first-order valence-electron chi connectivity index (χ1n) is 5.67. The van der Waals surface area contributed by atoms with Crippen molar-refractivity contribution in [2.45, 2.75) is 19.4 Å². The Labute approximate surface area is 119 Å². The van der Waals surface area contributed by atoms with Crippen molar-refractivity contribution in [2.75, 3.05) is 5.32 Å².